The first-order valence-electron chi connectivity index (χ1n) is 8.55. The molecule has 0 bridgehead atoms. The van der Waals surface area contributed by atoms with E-state index in [1.807, 2.05) is 6.07 Å². The van der Waals surface area contributed by atoms with Gasteiger partial charge >= 0.3 is 5.69 Å². The number of imidazole rings is 1. The number of H-pyrrole nitrogens is 2. The summed E-state index contributed by atoms with van der Waals surface area (Å²) in [5.74, 6) is 0.392. The van der Waals surface area contributed by atoms with Gasteiger partial charge in [-0.05, 0) is 49.2 Å². The summed E-state index contributed by atoms with van der Waals surface area (Å²) in [6.45, 7) is 1.27. The minimum Gasteiger partial charge on any atom is -0.491 e. The molecule has 2 heterocycles. The molecule has 4 rings (SSSR count). The third-order valence-electron chi connectivity index (χ3n) is 4.33. The molecule has 0 saturated carbocycles. The Morgan fingerprint density at radius 2 is 2.08 bits per heavy atom. The van der Waals surface area contributed by atoms with E-state index in [-0.39, 0.29) is 17.7 Å². The van der Waals surface area contributed by atoms with Gasteiger partial charge in [0.15, 0.2) is 0 Å². The molecule has 1 amide bonds. The van der Waals surface area contributed by atoms with Crippen LogP contribution in [-0.4, -0.2) is 35.2 Å². The van der Waals surface area contributed by atoms with E-state index in [9.17, 15) is 9.59 Å². The molecule has 1 fully saturated rings. The minimum absolute atomic E-state index is 0.128. The number of amides is 1. The van der Waals surface area contributed by atoms with E-state index < -0.39 is 0 Å². The van der Waals surface area contributed by atoms with E-state index in [0.717, 1.165) is 19.4 Å². The molecule has 0 radical (unpaired) electrons. The summed E-state index contributed by atoms with van der Waals surface area (Å²) in [6, 6.07) is 12.2. The first kappa shape index (κ1) is 16.4. The number of anilines is 1. The van der Waals surface area contributed by atoms with E-state index in [1.54, 1.807) is 36.4 Å². The Hall–Kier alpha value is -3.06. The van der Waals surface area contributed by atoms with E-state index >= 15 is 0 Å². The van der Waals surface area contributed by atoms with Gasteiger partial charge in [0.25, 0.3) is 5.91 Å². The van der Waals surface area contributed by atoms with Crippen LogP contribution in [0.3, 0.4) is 0 Å². The van der Waals surface area contributed by atoms with Crippen molar-refractivity contribution in [3.05, 3.63) is 58.5 Å². The lowest BCUT2D eigenvalue weighted by atomic mass is 10.2. The fourth-order valence-electron chi connectivity index (χ4n) is 3.01. The lowest BCUT2D eigenvalue weighted by Crippen LogP contribution is -2.17. The fraction of sp³-hybridized carbons (Fsp3) is 0.263. The molecule has 1 aromatic heterocycles. The van der Waals surface area contributed by atoms with Gasteiger partial charge in [0, 0.05) is 17.9 Å². The number of benzene rings is 2. The minimum atomic E-state index is -0.278. The molecule has 0 aliphatic carbocycles. The standard InChI is InChI=1S/C19H19N3O4/c23-18(20-13-6-7-16-17(10-13)22-19(24)21-16)12-3-1-4-14(9-12)26-11-15-5-2-8-25-15/h1,3-4,6-7,9-10,15H,2,5,8,11H2,(H,20,23)(H2,21,22,24). The fourth-order valence-corrected chi connectivity index (χ4v) is 3.01. The average molecular weight is 353 g/mol. The molecule has 1 aliphatic heterocycles. The molecule has 7 nitrogen and oxygen atoms in total. The van der Waals surface area contributed by atoms with Crippen LogP contribution in [0.1, 0.15) is 23.2 Å². The maximum absolute atomic E-state index is 12.5. The predicted octanol–water partition coefficient (Wildman–Crippen LogP) is 2.67. The second-order valence-corrected chi connectivity index (χ2v) is 6.27. The smallest absolute Gasteiger partial charge is 0.323 e. The van der Waals surface area contributed by atoms with Crippen LogP contribution < -0.4 is 15.7 Å². The van der Waals surface area contributed by atoms with Crippen molar-refractivity contribution in [1.29, 1.82) is 0 Å². The van der Waals surface area contributed by atoms with Crippen LogP contribution in [0.25, 0.3) is 11.0 Å². The van der Waals surface area contributed by atoms with Crippen molar-refractivity contribution in [2.75, 3.05) is 18.5 Å². The molecule has 1 aliphatic rings. The topological polar surface area (TPSA) is 96.2 Å². The highest BCUT2D eigenvalue weighted by Gasteiger charge is 2.16. The van der Waals surface area contributed by atoms with Gasteiger partial charge in [0.1, 0.15) is 12.4 Å². The second kappa shape index (κ2) is 7.05. The van der Waals surface area contributed by atoms with Crippen molar-refractivity contribution in [2.45, 2.75) is 18.9 Å². The van der Waals surface area contributed by atoms with E-state index in [0.29, 0.717) is 34.6 Å². The molecule has 7 heteroatoms. The summed E-state index contributed by atoms with van der Waals surface area (Å²) in [4.78, 5) is 29.1. The Labute approximate surface area is 149 Å². The number of fused-ring (bicyclic) bond motifs is 1. The van der Waals surface area contributed by atoms with Crippen molar-refractivity contribution < 1.29 is 14.3 Å². The van der Waals surface area contributed by atoms with Gasteiger partial charge in [0.2, 0.25) is 0 Å². The highest BCUT2D eigenvalue weighted by Crippen LogP contribution is 2.19. The van der Waals surface area contributed by atoms with Gasteiger partial charge in [-0.25, -0.2) is 4.79 Å². The zero-order chi connectivity index (χ0) is 17.9. The lowest BCUT2D eigenvalue weighted by molar-refractivity contribution is 0.0679. The zero-order valence-corrected chi connectivity index (χ0v) is 14.1. The zero-order valence-electron chi connectivity index (χ0n) is 14.1. The number of aromatic amines is 2. The highest BCUT2D eigenvalue weighted by molar-refractivity contribution is 6.05. The summed E-state index contributed by atoms with van der Waals surface area (Å²) in [5, 5.41) is 2.83. The molecule has 1 atom stereocenters. The van der Waals surface area contributed by atoms with Gasteiger partial charge in [-0.2, -0.15) is 0 Å². The van der Waals surface area contributed by atoms with Crippen molar-refractivity contribution in [3.63, 3.8) is 0 Å². The van der Waals surface area contributed by atoms with E-state index in [1.165, 1.54) is 0 Å². The first-order chi connectivity index (χ1) is 12.7. The number of ether oxygens (including phenoxy) is 2. The molecule has 1 unspecified atom stereocenters. The quantitative estimate of drug-likeness (QED) is 0.657. The second-order valence-electron chi connectivity index (χ2n) is 6.27. The third kappa shape index (κ3) is 3.62. The van der Waals surface area contributed by atoms with Crippen LogP contribution >= 0.6 is 0 Å². The average Bonchev–Trinajstić information content (AvgIpc) is 3.28. The Morgan fingerprint density at radius 3 is 2.92 bits per heavy atom. The largest absolute Gasteiger partial charge is 0.491 e. The maximum Gasteiger partial charge on any atom is 0.323 e. The van der Waals surface area contributed by atoms with Gasteiger partial charge in [0.05, 0.1) is 17.1 Å². The summed E-state index contributed by atoms with van der Waals surface area (Å²) >= 11 is 0. The van der Waals surface area contributed by atoms with Gasteiger partial charge in [-0.3, -0.25) is 4.79 Å². The van der Waals surface area contributed by atoms with Crippen LogP contribution in [0.4, 0.5) is 5.69 Å². The molecule has 26 heavy (non-hydrogen) atoms. The molecule has 134 valence electrons. The van der Waals surface area contributed by atoms with Crippen molar-refractivity contribution in [1.82, 2.24) is 9.97 Å². The van der Waals surface area contributed by atoms with E-state index in [2.05, 4.69) is 15.3 Å². The number of hydrogen-bond acceptors (Lipinski definition) is 4. The van der Waals surface area contributed by atoms with Gasteiger partial charge in [-0.1, -0.05) is 6.07 Å². The Kier molecular flexibility index (Phi) is 4.45. The molecule has 3 aromatic rings. The van der Waals surface area contributed by atoms with Crippen molar-refractivity contribution >= 4 is 22.6 Å². The third-order valence-corrected chi connectivity index (χ3v) is 4.33. The number of hydrogen-bond donors (Lipinski definition) is 3. The first-order valence-corrected chi connectivity index (χ1v) is 8.55. The number of carbonyl (C=O) groups excluding carboxylic acids is 1. The van der Waals surface area contributed by atoms with Crippen LogP contribution in [-0.2, 0) is 4.74 Å². The van der Waals surface area contributed by atoms with Crippen LogP contribution in [0.15, 0.2) is 47.3 Å². The normalized spacial score (nSPS) is 16.7. The predicted molar refractivity (Wildman–Crippen MR) is 97.8 cm³/mol. The van der Waals surface area contributed by atoms with Crippen molar-refractivity contribution in [2.24, 2.45) is 0 Å². The molecule has 3 N–H and O–H groups in total. The maximum atomic E-state index is 12.5. The summed E-state index contributed by atoms with van der Waals surface area (Å²) in [6.07, 6.45) is 2.19. The van der Waals surface area contributed by atoms with Gasteiger partial charge in [-0.15, -0.1) is 0 Å². The Balaban J connectivity index is 1.44. The van der Waals surface area contributed by atoms with Crippen LogP contribution in [0.2, 0.25) is 0 Å². The number of aromatic nitrogens is 2. The number of nitrogens with one attached hydrogen (secondary N) is 3. The summed E-state index contributed by atoms with van der Waals surface area (Å²) in [7, 11) is 0. The lowest BCUT2D eigenvalue weighted by Gasteiger charge is -2.12. The molecule has 1 saturated heterocycles. The van der Waals surface area contributed by atoms with Gasteiger partial charge < -0.3 is 24.8 Å². The monoisotopic (exact) mass is 353 g/mol. The molecular weight excluding hydrogens is 334 g/mol. The highest BCUT2D eigenvalue weighted by atomic mass is 16.5. The van der Waals surface area contributed by atoms with Crippen LogP contribution in [0, 0.1) is 0 Å². The molecular formula is C19H19N3O4. The van der Waals surface area contributed by atoms with Crippen LogP contribution in [0.5, 0.6) is 5.75 Å². The Bertz CT molecular complexity index is 986. The van der Waals surface area contributed by atoms with Crippen molar-refractivity contribution in [3.8, 4) is 5.75 Å². The van der Waals surface area contributed by atoms with E-state index in [4.69, 9.17) is 9.47 Å². The molecule has 0 spiro atoms. The summed E-state index contributed by atoms with van der Waals surface area (Å²) < 4.78 is 11.3. The Morgan fingerprint density at radius 1 is 1.19 bits per heavy atom. The SMILES string of the molecule is O=C(Nc1ccc2[nH]c(=O)[nH]c2c1)c1cccc(OCC2CCCO2)c1. The number of rotatable bonds is 5. The molecule has 2 aromatic carbocycles. The number of carbonyl (C=O) groups is 1. The summed E-state index contributed by atoms with van der Waals surface area (Å²) in [5.41, 5.74) is 2.15.